The Kier molecular flexibility index (Phi) is 60.3. The van der Waals surface area contributed by atoms with Crippen LogP contribution in [0, 0.1) is 0 Å². The zero-order valence-electron chi connectivity index (χ0n) is 53.6. The van der Waals surface area contributed by atoms with E-state index in [0.717, 1.165) is 38.5 Å². The van der Waals surface area contributed by atoms with E-state index < -0.39 is 20.0 Å². The quantitative estimate of drug-likeness (QED) is 0.0272. The maximum atomic E-state index is 13.0. The third-order valence-corrected chi connectivity index (χ3v) is 17.0. The Balaban J connectivity index is 4.03. The zero-order valence-corrected chi connectivity index (χ0v) is 54.5. The molecule has 3 unspecified atom stereocenters. The van der Waals surface area contributed by atoms with E-state index in [0.29, 0.717) is 17.4 Å². The number of aliphatic hydroxyl groups is 1. The van der Waals surface area contributed by atoms with Crippen molar-refractivity contribution < 1.29 is 32.9 Å². The fourth-order valence-electron chi connectivity index (χ4n) is 10.6. The third kappa shape index (κ3) is 64.1. The van der Waals surface area contributed by atoms with Crippen LogP contribution >= 0.6 is 7.82 Å². The molecule has 0 heterocycles. The number of hydrogen-bond acceptors (Lipinski definition) is 6. The number of carbonyl (C=O) groups excluding carboxylic acids is 1. The van der Waals surface area contributed by atoms with Crippen LogP contribution in [0.25, 0.3) is 0 Å². The summed E-state index contributed by atoms with van der Waals surface area (Å²) < 4.78 is 23.4. The summed E-state index contributed by atoms with van der Waals surface area (Å²) in [4.78, 5) is 25.6. The molecule has 3 atom stereocenters. The normalized spacial score (nSPS) is 13.9. The molecule has 8 nitrogen and oxygen atoms in total. The predicted molar refractivity (Wildman–Crippen MR) is 344 cm³/mol. The van der Waals surface area contributed by atoms with E-state index >= 15 is 0 Å². The maximum absolute atomic E-state index is 13.0. The van der Waals surface area contributed by atoms with E-state index in [4.69, 9.17) is 9.05 Å². The second-order valence-electron chi connectivity index (χ2n) is 25.2. The number of aliphatic hydroxyl groups excluding tert-OH is 1. The van der Waals surface area contributed by atoms with Gasteiger partial charge >= 0.3 is 0 Å². The van der Waals surface area contributed by atoms with Crippen LogP contribution in [0.2, 0.25) is 0 Å². The Morgan fingerprint density at radius 3 is 1.03 bits per heavy atom. The van der Waals surface area contributed by atoms with E-state index in [1.54, 1.807) is 6.08 Å². The van der Waals surface area contributed by atoms with Crippen LogP contribution in [0.3, 0.4) is 0 Å². The average molecular weight is 1130 g/mol. The minimum atomic E-state index is -4.61. The lowest BCUT2D eigenvalue weighted by atomic mass is 10.0. The molecule has 0 rings (SSSR count). The van der Waals surface area contributed by atoms with Gasteiger partial charge in [0, 0.05) is 6.42 Å². The Bertz CT molecular complexity index is 1380. The zero-order chi connectivity index (χ0) is 57.7. The summed E-state index contributed by atoms with van der Waals surface area (Å²) in [6.45, 7) is 4.68. The first kappa shape index (κ1) is 77.7. The van der Waals surface area contributed by atoms with Crippen LogP contribution in [0.1, 0.15) is 354 Å². The van der Waals surface area contributed by atoms with Crippen molar-refractivity contribution in [2.45, 2.75) is 366 Å². The molecule has 0 bridgehead atoms. The number of hydrogen-bond donors (Lipinski definition) is 2. The van der Waals surface area contributed by atoms with Crippen LogP contribution in [0.4, 0.5) is 0 Å². The van der Waals surface area contributed by atoms with Crippen molar-refractivity contribution in [3.63, 3.8) is 0 Å². The third-order valence-electron chi connectivity index (χ3n) is 16.1. The number of quaternary nitrogens is 1. The van der Waals surface area contributed by atoms with E-state index in [9.17, 15) is 19.4 Å². The van der Waals surface area contributed by atoms with Gasteiger partial charge in [-0.3, -0.25) is 9.36 Å². The summed E-state index contributed by atoms with van der Waals surface area (Å²) in [5.41, 5.74) is 0. The number of nitrogens with one attached hydrogen (secondary N) is 1. The fourth-order valence-corrected chi connectivity index (χ4v) is 11.4. The number of unbranched alkanes of at least 4 members (excludes halogenated alkanes) is 48. The number of nitrogens with zero attached hydrogens (tertiary/aromatic N) is 1. The SMILES string of the molecule is CCCCCCCCCCCCCCCC/C=C\CCCCCCCCCCCCCCCCCCCC(=O)NC(COP(=O)([O-])OCC[N+](C)(C)C)C(O)/C=C/CC/C=C/CCCCCCCCCCCCCCCCCC. The molecule has 9 heteroatoms. The number of phosphoric acid groups is 1. The van der Waals surface area contributed by atoms with Crippen LogP contribution < -0.4 is 10.2 Å². The predicted octanol–water partition coefficient (Wildman–Crippen LogP) is 21.4. The summed E-state index contributed by atoms with van der Waals surface area (Å²) in [6, 6.07) is -0.903. The molecule has 79 heavy (non-hydrogen) atoms. The molecule has 2 N–H and O–H groups in total. The monoisotopic (exact) mass is 1130 g/mol. The van der Waals surface area contributed by atoms with Crippen molar-refractivity contribution in [1.29, 1.82) is 0 Å². The molecule has 0 aliphatic rings. The largest absolute Gasteiger partial charge is 0.756 e. The van der Waals surface area contributed by atoms with Crippen LogP contribution in [-0.4, -0.2) is 68.5 Å². The average Bonchev–Trinajstić information content (AvgIpc) is 3.42. The molecule has 0 aromatic heterocycles. The van der Waals surface area contributed by atoms with Crippen molar-refractivity contribution in [1.82, 2.24) is 5.32 Å². The molecular weight excluding hydrogens is 996 g/mol. The van der Waals surface area contributed by atoms with Gasteiger partial charge in [0.2, 0.25) is 5.91 Å². The summed E-state index contributed by atoms with van der Waals surface area (Å²) in [7, 11) is 1.26. The maximum Gasteiger partial charge on any atom is 0.268 e. The Labute approximate surface area is 493 Å². The van der Waals surface area contributed by atoms with E-state index in [1.807, 2.05) is 27.2 Å². The number of rotatable bonds is 65. The molecule has 468 valence electrons. The summed E-state index contributed by atoms with van der Waals surface area (Å²) in [6.07, 6.45) is 81.4. The topological polar surface area (TPSA) is 108 Å². The van der Waals surface area contributed by atoms with Gasteiger partial charge in [0.1, 0.15) is 13.2 Å². The number of phosphoric ester groups is 1. The van der Waals surface area contributed by atoms with Crippen LogP contribution in [0.5, 0.6) is 0 Å². The molecule has 0 fully saturated rings. The Morgan fingerprint density at radius 2 is 0.709 bits per heavy atom. The highest BCUT2D eigenvalue weighted by molar-refractivity contribution is 7.45. The Hall–Kier alpha value is -1.28. The van der Waals surface area contributed by atoms with Gasteiger partial charge in [0.05, 0.1) is 39.9 Å². The number of allylic oxidation sites excluding steroid dienone is 5. The van der Waals surface area contributed by atoms with Crippen molar-refractivity contribution >= 4 is 13.7 Å². The first-order chi connectivity index (χ1) is 38.5. The lowest BCUT2D eigenvalue weighted by Gasteiger charge is -2.29. The lowest BCUT2D eigenvalue weighted by Crippen LogP contribution is -2.45. The fraction of sp³-hybridized carbons (Fsp3) is 0.900. The molecule has 0 aliphatic heterocycles. The minimum Gasteiger partial charge on any atom is -0.756 e. The second kappa shape index (κ2) is 61.3. The van der Waals surface area contributed by atoms with Crippen molar-refractivity contribution in [2.24, 2.45) is 0 Å². The number of likely N-dealkylation sites (N-methyl/N-ethyl adjacent to an activating group) is 1. The van der Waals surface area contributed by atoms with Gasteiger partial charge in [0.15, 0.2) is 0 Å². The molecule has 1 amide bonds. The van der Waals surface area contributed by atoms with Crippen molar-refractivity contribution in [3.05, 3.63) is 36.5 Å². The van der Waals surface area contributed by atoms with Gasteiger partial charge in [-0.25, -0.2) is 0 Å². The molecular formula is C70H137N2O6P. The highest BCUT2D eigenvalue weighted by Crippen LogP contribution is 2.38. The standard InChI is InChI=1S/C70H137N2O6P/c1-6-8-10-12-14-16-18-20-22-24-26-28-30-31-32-33-34-35-36-37-38-39-40-41-42-44-46-48-50-52-54-56-58-60-62-64-70(74)71-68(67-78-79(75,76)77-66-65-72(3,4)5)69(73)63-61-59-57-55-53-51-49-47-45-43-29-27-25-23-21-19-17-15-13-11-9-7-2/h33-34,53,55,61,63,68-69,73H,6-32,35-52,54,56-60,62,64-67H2,1-5H3,(H-,71,74,75,76)/b34-33-,55-53+,63-61+. The van der Waals surface area contributed by atoms with Gasteiger partial charge in [0.25, 0.3) is 7.82 Å². The second-order valence-corrected chi connectivity index (χ2v) is 26.6. The van der Waals surface area contributed by atoms with E-state index in [2.05, 4.69) is 43.5 Å². The van der Waals surface area contributed by atoms with E-state index in [1.165, 1.54) is 295 Å². The summed E-state index contributed by atoms with van der Waals surface area (Å²) in [5, 5.41) is 13.9. The van der Waals surface area contributed by atoms with Gasteiger partial charge in [-0.2, -0.15) is 0 Å². The highest BCUT2D eigenvalue weighted by Gasteiger charge is 2.23. The number of carbonyl (C=O) groups is 1. The first-order valence-electron chi connectivity index (χ1n) is 34.9. The smallest absolute Gasteiger partial charge is 0.268 e. The molecule has 0 aromatic rings. The molecule has 0 radical (unpaired) electrons. The van der Waals surface area contributed by atoms with Gasteiger partial charge in [-0.15, -0.1) is 0 Å². The van der Waals surface area contributed by atoms with Crippen LogP contribution in [0.15, 0.2) is 36.5 Å². The Morgan fingerprint density at radius 1 is 0.430 bits per heavy atom. The molecule has 0 saturated carbocycles. The molecule has 0 aliphatic carbocycles. The first-order valence-corrected chi connectivity index (χ1v) is 36.3. The summed E-state index contributed by atoms with van der Waals surface area (Å²) in [5.74, 6) is -0.201. The van der Waals surface area contributed by atoms with Crippen LogP contribution in [-0.2, 0) is 18.4 Å². The van der Waals surface area contributed by atoms with E-state index in [-0.39, 0.29) is 19.1 Å². The summed E-state index contributed by atoms with van der Waals surface area (Å²) >= 11 is 0. The molecule has 0 saturated heterocycles. The van der Waals surface area contributed by atoms with Crippen molar-refractivity contribution in [3.8, 4) is 0 Å². The van der Waals surface area contributed by atoms with Crippen molar-refractivity contribution in [2.75, 3.05) is 40.9 Å². The lowest BCUT2D eigenvalue weighted by molar-refractivity contribution is -0.870. The minimum absolute atomic E-state index is 0.00470. The molecule has 0 aromatic carbocycles. The molecule has 0 spiro atoms. The number of amides is 1. The van der Waals surface area contributed by atoms with Gasteiger partial charge < -0.3 is 28.8 Å². The van der Waals surface area contributed by atoms with Gasteiger partial charge in [-0.1, -0.05) is 326 Å². The van der Waals surface area contributed by atoms with Gasteiger partial charge in [-0.05, 0) is 57.8 Å². The highest BCUT2D eigenvalue weighted by atomic mass is 31.2.